The molecule has 4 N–H and O–H groups in total. The van der Waals surface area contributed by atoms with E-state index in [4.69, 9.17) is 10.5 Å². The van der Waals surface area contributed by atoms with Crippen LogP contribution >= 0.6 is 11.3 Å². The number of amides is 2. The van der Waals surface area contributed by atoms with Crippen LogP contribution in [0.25, 0.3) is 0 Å². The van der Waals surface area contributed by atoms with E-state index in [2.05, 4.69) is 0 Å². The summed E-state index contributed by atoms with van der Waals surface area (Å²) in [5.41, 5.74) is 8.66. The number of nitrogens with zero attached hydrogens (tertiary/aromatic N) is 2. The average Bonchev–Trinajstić information content (AvgIpc) is 3.58. The number of nitrogens with two attached hydrogens (primary N) is 1. The Hall–Kier alpha value is -4.05. The highest BCUT2D eigenvalue weighted by atomic mass is 32.2. The second kappa shape index (κ2) is 16.1. The molecule has 51 heavy (non-hydrogen) atoms. The van der Waals surface area contributed by atoms with Gasteiger partial charge in [-0.25, -0.2) is 26.9 Å². The van der Waals surface area contributed by atoms with E-state index in [-0.39, 0.29) is 18.0 Å². The van der Waals surface area contributed by atoms with Crippen LogP contribution in [-0.2, 0) is 26.1 Å². The molecule has 4 aromatic rings. The quantitative estimate of drug-likeness (QED) is 0.146. The van der Waals surface area contributed by atoms with Crippen molar-refractivity contribution in [2.75, 3.05) is 20.3 Å². The van der Waals surface area contributed by atoms with Crippen LogP contribution in [0.3, 0.4) is 0 Å². The van der Waals surface area contributed by atoms with Crippen LogP contribution in [0.15, 0.2) is 102 Å². The minimum atomic E-state index is -4.33. The van der Waals surface area contributed by atoms with Crippen molar-refractivity contribution >= 4 is 33.4 Å². The predicted octanol–water partition coefficient (Wildman–Crippen LogP) is 5.83. The Balaban J connectivity index is 1.44. The fourth-order valence-electron chi connectivity index (χ4n) is 6.35. The predicted molar refractivity (Wildman–Crippen MR) is 188 cm³/mol. The maximum absolute atomic E-state index is 14.0. The van der Waals surface area contributed by atoms with Gasteiger partial charge >= 0.3 is 6.09 Å². The molecule has 1 heterocycles. The second-order valence-electron chi connectivity index (χ2n) is 12.7. The average molecular weight is 742 g/mol. The van der Waals surface area contributed by atoms with E-state index in [1.165, 1.54) is 31.2 Å². The maximum Gasteiger partial charge on any atom is 0.416 e. The first-order chi connectivity index (χ1) is 24.3. The van der Waals surface area contributed by atoms with Crippen LogP contribution in [-0.4, -0.2) is 72.1 Å². The highest BCUT2D eigenvalue weighted by Crippen LogP contribution is 2.45. The molecular formula is C37H41F2N3O7S2. The molecule has 3 aromatic carbocycles. The summed E-state index contributed by atoms with van der Waals surface area (Å²) >= 11 is 1.06. The smallest absolute Gasteiger partial charge is 0.416 e. The summed E-state index contributed by atoms with van der Waals surface area (Å²) in [6.07, 6.45) is -2.76. The molecule has 1 aliphatic carbocycles. The lowest BCUT2D eigenvalue weighted by atomic mass is 9.81. The number of ether oxygens (including phenoxy) is 1. The van der Waals surface area contributed by atoms with E-state index in [1.807, 2.05) is 60.7 Å². The van der Waals surface area contributed by atoms with Gasteiger partial charge in [-0.05, 0) is 53.8 Å². The monoisotopic (exact) mass is 741 g/mol. The van der Waals surface area contributed by atoms with Crippen LogP contribution in [0.5, 0.6) is 0 Å². The molecule has 5 rings (SSSR count). The van der Waals surface area contributed by atoms with E-state index in [1.54, 1.807) is 12.1 Å². The number of halogens is 2. The molecule has 0 bridgehead atoms. The van der Waals surface area contributed by atoms with Crippen molar-refractivity contribution in [3.05, 3.63) is 124 Å². The first-order valence-corrected chi connectivity index (χ1v) is 18.6. The zero-order chi connectivity index (χ0) is 36.9. The van der Waals surface area contributed by atoms with E-state index in [9.17, 15) is 37.0 Å². The van der Waals surface area contributed by atoms with Gasteiger partial charge in [-0.2, -0.15) is 4.31 Å². The zero-order valence-electron chi connectivity index (χ0n) is 28.1. The first-order valence-electron chi connectivity index (χ1n) is 16.4. The lowest BCUT2D eigenvalue weighted by molar-refractivity contribution is -0.131. The molecule has 1 saturated carbocycles. The third-order valence-corrected chi connectivity index (χ3v) is 12.1. The Kier molecular flexibility index (Phi) is 12.1. The Morgan fingerprint density at radius 2 is 1.51 bits per heavy atom. The zero-order valence-corrected chi connectivity index (χ0v) is 29.8. The molecule has 2 amide bonds. The first kappa shape index (κ1) is 38.2. The molecule has 1 aromatic heterocycles. The van der Waals surface area contributed by atoms with Crippen molar-refractivity contribution in [2.45, 2.75) is 61.2 Å². The fraction of sp³-hybridized carbons (Fsp3) is 0.351. The highest BCUT2D eigenvalue weighted by Gasteiger charge is 2.48. The lowest BCUT2D eigenvalue weighted by Crippen LogP contribution is -2.49. The molecule has 0 saturated heterocycles. The van der Waals surface area contributed by atoms with Gasteiger partial charge < -0.3 is 20.7 Å². The minimum absolute atomic E-state index is 0.129. The van der Waals surface area contributed by atoms with E-state index in [0.717, 1.165) is 38.8 Å². The normalized spacial score (nSPS) is 16.3. The third kappa shape index (κ3) is 8.71. The number of carbonyl (C=O) groups excluding carboxylic acids is 2. The van der Waals surface area contributed by atoms with Crippen molar-refractivity contribution in [3.63, 3.8) is 0 Å². The van der Waals surface area contributed by atoms with Gasteiger partial charge in [0.15, 0.2) is 0 Å². The van der Waals surface area contributed by atoms with Gasteiger partial charge in [0.1, 0.15) is 0 Å². The summed E-state index contributed by atoms with van der Waals surface area (Å²) < 4.78 is 61.8. The summed E-state index contributed by atoms with van der Waals surface area (Å²) in [5.74, 6) is -4.84. The molecule has 0 radical (unpaired) electrons. The topological polar surface area (TPSA) is 150 Å². The summed E-state index contributed by atoms with van der Waals surface area (Å²) in [5, 5.41) is 20.5. The number of rotatable bonds is 14. The number of alkyl halides is 2. The molecule has 0 spiro atoms. The number of benzene rings is 3. The molecule has 272 valence electrons. The molecular weight excluding hydrogens is 701 g/mol. The molecule has 0 aliphatic heterocycles. The fourth-order valence-corrected chi connectivity index (χ4v) is 9.19. The Bertz CT molecular complexity index is 1840. The van der Waals surface area contributed by atoms with Gasteiger partial charge in [-0.3, -0.25) is 4.79 Å². The van der Waals surface area contributed by atoms with E-state index < -0.39 is 77.4 Å². The van der Waals surface area contributed by atoms with Gasteiger partial charge in [0.25, 0.3) is 0 Å². The van der Waals surface area contributed by atoms with Crippen molar-refractivity contribution in [2.24, 2.45) is 11.7 Å². The SMILES string of the molecule is COC(=O)N(Cc1ccc([C@@H](CO)N(CC2CC(F)(F)C2)S(=O)(=O)c2ccc(C(C)O)cc2)s1)C(=O)[C@@H](N)C(c1ccccc1)c1ccccc1. The second-order valence-corrected chi connectivity index (χ2v) is 15.8. The molecule has 1 aliphatic rings. The summed E-state index contributed by atoms with van der Waals surface area (Å²) in [4.78, 5) is 28.7. The van der Waals surface area contributed by atoms with Gasteiger partial charge in [0.2, 0.25) is 21.9 Å². The molecule has 1 fully saturated rings. The maximum atomic E-state index is 14.0. The molecule has 10 nitrogen and oxygen atoms in total. The van der Waals surface area contributed by atoms with Gasteiger partial charge in [0.05, 0.1) is 43.3 Å². The van der Waals surface area contributed by atoms with Gasteiger partial charge in [-0.1, -0.05) is 72.8 Å². The number of imide groups is 1. The number of hydrogen-bond acceptors (Lipinski definition) is 9. The van der Waals surface area contributed by atoms with Gasteiger partial charge in [-0.15, -0.1) is 11.3 Å². The van der Waals surface area contributed by atoms with Crippen LogP contribution in [0.1, 0.15) is 64.3 Å². The summed E-state index contributed by atoms with van der Waals surface area (Å²) in [7, 11) is -3.19. The number of sulfonamides is 1. The number of carbonyl (C=O) groups is 2. The van der Waals surface area contributed by atoms with Crippen molar-refractivity contribution < 1.29 is 41.7 Å². The third-order valence-electron chi connectivity index (χ3n) is 9.05. The largest absolute Gasteiger partial charge is 0.452 e. The van der Waals surface area contributed by atoms with Crippen molar-refractivity contribution in [1.82, 2.24) is 9.21 Å². The summed E-state index contributed by atoms with van der Waals surface area (Å²) in [6.45, 7) is 0.335. The Labute approximate surface area is 300 Å². The highest BCUT2D eigenvalue weighted by molar-refractivity contribution is 7.89. The van der Waals surface area contributed by atoms with E-state index in [0.29, 0.717) is 15.3 Å². The van der Waals surface area contributed by atoms with Crippen molar-refractivity contribution in [1.29, 1.82) is 0 Å². The molecule has 1 unspecified atom stereocenters. The van der Waals surface area contributed by atoms with Crippen LogP contribution in [0.2, 0.25) is 0 Å². The molecule has 14 heteroatoms. The Morgan fingerprint density at radius 1 is 0.941 bits per heavy atom. The van der Waals surface area contributed by atoms with Crippen LogP contribution < -0.4 is 5.73 Å². The number of aliphatic hydroxyl groups is 2. The number of methoxy groups -OCH3 is 1. The van der Waals surface area contributed by atoms with Gasteiger partial charge in [0, 0.05) is 35.1 Å². The standard InChI is InChI=1S/C37H41F2N3O7S2/c1-24(44)26-13-16-30(17-14-26)51(47,48)42(21-25-19-37(38,39)20-25)31(23-43)32-18-15-29(50-32)22-41(36(46)49-2)35(45)34(40)33(27-9-5-3-6-10-27)28-11-7-4-8-12-28/h3-18,24-25,31,33-34,43-44H,19-23,40H2,1-2H3/t24?,31-,34+/m1/s1. The minimum Gasteiger partial charge on any atom is -0.452 e. The van der Waals surface area contributed by atoms with E-state index >= 15 is 0 Å². The molecule has 3 atom stereocenters. The lowest BCUT2D eigenvalue weighted by Gasteiger charge is -2.39. The van der Waals surface area contributed by atoms with Crippen LogP contribution in [0.4, 0.5) is 13.6 Å². The number of aliphatic hydroxyl groups excluding tert-OH is 2. The van der Waals surface area contributed by atoms with Crippen LogP contribution in [0, 0.1) is 5.92 Å². The number of hydrogen-bond donors (Lipinski definition) is 3. The number of thiophene rings is 1. The Morgan fingerprint density at radius 3 is 2.00 bits per heavy atom. The van der Waals surface area contributed by atoms with Crippen molar-refractivity contribution in [3.8, 4) is 0 Å². The summed E-state index contributed by atoms with van der Waals surface area (Å²) in [6, 6.07) is 24.8.